The van der Waals surface area contributed by atoms with E-state index in [0.29, 0.717) is 6.29 Å². The van der Waals surface area contributed by atoms with Gasteiger partial charge in [-0.05, 0) is 6.92 Å². The van der Waals surface area contributed by atoms with Gasteiger partial charge in [0.05, 0.1) is 6.10 Å². The SMILES string of the molecule is CC(O)CN1CCN2CCN3CCN(CC1)C23. The average Bonchev–Trinajstić information content (AvgIpc) is 2.80. The summed E-state index contributed by atoms with van der Waals surface area (Å²) in [5, 5.41) is 9.51. The van der Waals surface area contributed by atoms with Crippen LogP contribution < -0.4 is 0 Å². The maximum Gasteiger partial charge on any atom is 0.119 e. The Kier molecular flexibility index (Phi) is 3.36. The lowest BCUT2D eigenvalue weighted by Crippen LogP contribution is -2.53. The van der Waals surface area contributed by atoms with E-state index in [9.17, 15) is 5.11 Å². The van der Waals surface area contributed by atoms with Crippen LogP contribution in [0.15, 0.2) is 0 Å². The fourth-order valence-corrected chi connectivity index (χ4v) is 3.44. The summed E-state index contributed by atoms with van der Waals surface area (Å²) in [6.45, 7) is 12.1. The van der Waals surface area contributed by atoms with Crippen molar-refractivity contribution >= 4 is 0 Å². The van der Waals surface area contributed by atoms with Gasteiger partial charge in [0.25, 0.3) is 0 Å². The van der Waals surface area contributed by atoms with Gasteiger partial charge in [0.2, 0.25) is 0 Å². The minimum atomic E-state index is -0.209. The van der Waals surface area contributed by atoms with Gasteiger partial charge in [0, 0.05) is 58.9 Å². The topological polar surface area (TPSA) is 33.2 Å². The van der Waals surface area contributed by atoms with Crippen LogP contribution in [-0.2, 0) is 0 Å². The van der Waals surface area contributed by atoms with Crippen molar-refractivity contribution in [1.29, 1.82) is 0 Å². The third-order valence-electron chi connectivity index (χ3n) is 4.26. The molecule has 5 heteroatoms. The molecule has 3 heterocycles. The van der Waals surface area contributed by atoms with E-state index in [1.54, 1.807) is 0 Å². The van der Waals surface area contributed by atoms with E-state index in [-0.39, 0.29) is 6.10 Å². The minimum Gasteiger partial charge on any atom is -0.392 e. The zero-order valence-electron chi connectivity index (χ0n) is 10.8. The van der Waals surface area contributed by atoms with Gasteiger partial charge in [-0.3, -0.25) is 19.6 Å². The highest BCUT2D eigenvalue weighted by molar-refractivity contribution is 4.90. The zero-order valence-corrected chi connectivity index (χ0v) is 10.8. The molecular formula is C12H24N4O. The average molecular weight is 240 g/mol. The summed E-state index contributed by atoms with van der Waals surface area (Å²) in [6, 6.07) is 0. The Balaban J connectivity index is 1.64. The first-order chi connectivity index (χ1) is 8.24. The molecule has 0 spiro atoms. The fourth-order valence-electron chi connectivity index (χ4n) is 3.44. The second-order valence-electron chi connectivity index (χ2n) is 5.60. The lowest BCUT2D eigenvalue weighted by molar-refractivity contribution is 0.0107. The van der Waals surface area contributed by atoms with Crippen LogP contribution in [0.1, 0.15) is 6.92 Å². The van der Waals surface area contributed by atoms with Crippen LogP contribution in [0.5, 0.6) is 0 Å². The Morgan fingerprint density at radius 1 is 0.882 bits per heavy atom. The highest BCUT2D eigenvalue weighted by atomic mass is 16.3. The van der Waals surface area contributed by atoms with Gasteiger partial charge in [-0.25, -0.2) is 0 Å². The lowest BCUT2D eigenvalue weighted by atomic mass is 10.3. The van der Waals surface area contributed by atoms with Gasteiger partial charge < -0.3 is 5.11 Å². The highest BCUT2D eigenvalue weighted by Crippen LogP contribution is 2.24. The van der Waals surface area contributed by atoms with E-state index < -0.39 is 0 Å². The third-order valence-corrected chi connectivity index (χ3v) is 4.26. The lowest BCUT2D eigenvalue weighted by Gasteiger charge is -2.38. The van der Waals surface area contributed by atoms with Crippen LogP contribution in [0.4, 0.5) is 0 Å². The van der Waals surface area contributed by atoms with Gasteiger partial charge in [-0.15, -0.1) is 0 Å². The summed E-state index contributed by atoms with van der Waals surface area (Å²) < 4.78 is 0. The summed E-state index contributed by atoms with van der Waals surface area (Å²) in [4.78, 5) is 10.2. The molecule has 3 aliphatic rings. The summed E-state index contributed by atoms with van der Waals surface area (Å²) >= 11 is 0. The largest absolute Gasteiger partial charge is 0.392 e. The fraction of sp³-hybridized carbons (Fsp3) is 1.00. The van der Waals surface area contributed by atoms with Crippen LogP contribution in [0.25, 0.3) is 0 Å². The number of rotatable bonds is 2. The monoisotopic (exact) mass is 240 g/mol. The molecule has 3 saturated heterocycles. The molecule has 1 unspecified atom stereocenters. The predicted octanol–water partition coefficient (Wildman–Crippen LogP) is -1.10. The van der Waals surface area contributed by atoms with E-state index in [0.717, 1.165) is 32.7 Å². The number of hydrogen-bond donors (Lipinski definition) is 1. The van der Waals surface area contributed by atoms with Crippen LogP contribution in [0, 0.1) is 0 Å². The van der Waals surface area contributed by atoms with Crippen molar-refractivity contribution < 1.29 is 5.11 Å². The molecule has 3 rings (SSSR count). The predicted molar refractivity (Wildman–Crippen MR) is 66.6 cm³/mol. The first kappa shape index (κ1) is 11.9. The first-order valence-corrected chi connectivity index (χ1v) is 6.86. The smallest absolute Gasteiger partial charge is 0.119 e. The molecule has 0 aliphatic carbocycles. The Morgan fingerprint density at radius 2 is 1.29 bits per heavy atom. The maximum absolute atomic E-state index is 9.51. The van der Waals surface area contributed by atoms with Crippen LogP contribution in [0.3, 0.4) is 0 Å². The van der Waals surface area contributed by atoms with Gasteiger partial charge in [0.15, 0.2) is 0 Å². The van der Waals surface area contributed by atoms with Crippen molar-refractivity contribution in [2.24, 2.45) is 0 Å². The quantitative estimate of drug-likeness (QED) is 0.662. The summed E-state index contributed by atoms with van der Waals surface area (Å²) in [5.41, 5.74) is 0. The number of aliphatic hydroxyl groups is 1. The van der Waals surface area contributed by atoms with E-state index in [1.807, 2.05) is 6.92 Å². The van der Waals surface area contributed by atoms with E-state index in [1.165, 1.54) is 26.2 Å². The molecule has 17 heavy (non-hydrogen) atoms. The number of aliphatic hydroxyl groups excluding tert-OH is 1. The molecule has 1 N–H and O–H groups in total. The van der Waals surface area contributed by atoms with Crippen LogP contribution in [0.2, 0.25) is 0 Å². The number of β-amino-alcohol motifs (C(OH)–C–C–N with tert-alkyl or cyclic N) is 1. The molecule has 0 saturated carbocycles. The number of hydrogen-bond acceptors (Lipinski definition) is 5. The Labute approximate surface area is 104 Å². The molecule has 0 radical (unpaired) electrons. The van der Waals surface area contributed by atoms with Crippen molar-refractivity contribution in [3.8, 4) is 0 Å². The Bertz CT molecular complexity index is 253. The molecule has 1 atom stereocenters. The van der Waals surface area contributed by atoms with E-state index in [4.69, 9.17) is 0 Å². The second kappa shape index (κ2) is 4.82. The summed E-state index contributed by atoms with van der Waals surface area (Å²) in [5.74, 6) is 0. The van der Waals surface area contributed by atoms with E-state index >= 15 is 0 Å². The van der Waals surface area contributed by atoms with Gasteiger partial charge in [-0.1, -0.05) is 0 Å². The molecule has 5 nitrogen and oxygen atoms in total. The highest BCUT2D eigenvalue weighted by Gasteiger charge is 2.41. The van der Waals surface area contributed by atoms with Crippen molar-refractivity contribution in [2.45, 2.75) is 19.3 Å². The summed E-state index contributed by atoms with van der Waals surface area (Å²) in [6.07, 6.45) is 0.377. The second-order valence-corrected chi connectivity index (χ2v) is 5.60. The van der Waals surface area contributed by atoms with Gasteiger partial charge >= 0.3 is 0 Å². The van der Waals surface area contributed by atoms with Crippen molar-refractivity contribution in [2.75, 3.05) is 58.9 Å². The van der Waals surface area contributed by atoms with Crippen LogP contribution >= 0.6 is 0 Å². The van der Waals surface area contributed by atoms with Crippen molar-refractivity contribution in [1.82, 2.24) is 19.6 Å². The molecule has 0 aromatic heterocycles. The standard InChI is InChI=1S/C12H24N4O/c1-11(17)10-13-2-4-14-6-8-16-9-7-15(5-3-13)12(14)16/h11-12,17H,2-10H2,1H3. The zero-order chi connectivity index (χ0) is 11.8. The molecule has 0 aromatic rings. The maximum atomic E-state index is 9.51. The Morgan fingerprint density at radius 3 is 1.71 bits per heavy atom. The molecule has 98 valence electrons. The molecule has 0 bridgehead atoms. The third kappa shape index (κ3) is 2.35. The first-order valence-electron chi connectivity index (χ1n) is 6.86. The molecule has 0 aromatic carbocycles. The van der Waals surface area contributed by atoms with Crippen LogP contribution in [-0.4, -0.2) is 96.0 Å². The molecular weight excluding hydrogens is 216 g/mol. The van der Waals surface area contributed by atoms with Gasteiger partial charge in [-0.2, -0.15) is 0 Å². The number of nitrogens with zero attached hydrogens (tertiary/aromatic N) is 4. The van der Waals surface area contributed by atoms with Crippen molar-refractivity contribution in [3.63, 3.8) is 0 Å². The minimum absolute atomic E-state index is 0.209. The normalized spacial score (nSPS) is 31.4. The molecule has 0 amide bonds. The molecule has 3 aliphatic heterocycles. The Hall–Kier alpha value is -0.200. The molecule has 3 fully saturated rings. The van der Waals surface area contributed by atoms with Crippen molar-refractivity contribution in [3.05, 3.63) is 0 Å². The van der Waals surface area contributed by atoms with E-state index in [2.05, 4.69) is 19.6 Å². The summed E-state index contributed by atoms with van der Waals surface area (Å²) in [7, 11) is 0. The van der Waals surface area contributed by atoms with Gasteiger partial charge in [0.1, 0.15) is 6.29 Å².